The number of aromatic nitrogens is 1. The molecule has 2 heterocycles. The maximum Gasteiger partial charge on any atom is 0.156 e. The van der Waals surface area contributed by atoms with E-state index in [4.69, 9.17) is 9.84 Å². The van der Waals surface area contributed by atoms with Crippen LogP contribution < -0.4 is 15.6 Å². The lowest BCUT2D eigenvalue weighted by Crippen LogP contribution is -2.28. The Labute approximate surface area is 164 Å². The molecule has 2 atom stereocenters. The number of hydrazine groups is 1. The normalized spacial score (nSPS) is 20.2. The number of nitrogens with one attached hydrogen (secondary N) is 3. The van der Waals surface area contributed by atoms with Gasteiger partial charge in [0.05, 0.1) is 12.3 Å². The molecule has 27 heavy (non-hydrogen) atoms. The molecule has 4 rings (SSSR count). The monoisotopic (exact) mass is 381 g/mol. The van der Waals surface area contributed by atoms with Crippen molar-refractivity contribution < 1.29 is 4.74 Å². The van der Waals surface area contributed by atoms with Crippen molar-refractivity contribution in [3.8, 4) is 5.75 Å². The summed E-state index contributed by atoms with van der Waals surface area (Å²) in [7, 11) is 0. The van der Waals surface area contributed by atoms with E-state index in [2.05, 4.69) is 40.6 Å². The summed E-state index contributed by atoms with van der Waals surface area (Å²) >= 11 is 4.58. The number of nitrogens with zero attached hydrogens (tertiary/aromatic N) is 2. The molecule has 0 radical (unpaired) electrons. The maximum absolute atomic E-state index is 5.82. The van der Waals surface area contributed by atoms with Crippen LogP contribution in [0.5, 0.6) is 5.75 Å². The molecule has 0 bridgehead atoms. The standard InChI is InChI=1S/C20H23N5OS/c1-13(2)26-16-7-5-6-14(10-16)19-23-24-20(27)25(19)22-12-15-11-21-18-9-4-3-8-17(15)18/h3-13,19-21,23-24,27H,1-2H3/b22-12-/t19-,20+/m0/s1. The van der Waals surface area contributed by atoms with Gasteiger partial charge in [0.2, 0.25) is 0 Å². The Bertz CT molecular complexity index is 954. The molecule has 1 aliphatic rings. The summed E-state index contributed by atoms with van der Waals surface area (Å²) in [5, 5.41) is 7.72. The number of aromatic amines is 1. The highest BCUT2D eigenvalue weighted by Crippen LogP contribution is 2.28. The summed E-state index contributed by atoms with van der Waals surface area (Å²) < 4.78 is 5.82. The van der Waals surface area contributed by atoms with Gasteiger partial charge in [-0.25, -0.2) is 15.9 Å². The van der Waals surface area contributed by atoms with Crippen LogP contribution in [0.15, 0.2) is 59.8 Å². The zero-order valence-corrected chi connectivity index (χ0v) is 16.1. The average Bonchev–Trinajstić information content (AvgIpc) is 3.23. The van der Waals surface area contributed by atoms with Gasteiger partial charge < -0.3 is 9.72 Å². The van der Waals surface area contributed by atoms with Crippen LogP contribution in [0.1, 0.15) is 31.1 Å². The molecule has 0 saturated carbocycles. The van der Waals surface area contributed by atoms with Crippen molar-refractivity contribution in [3.05, 3.63) is 65.9 Å². The Balaban J connectivity index is 1.59. The molecular formula is C20H23N5OS. The van der Waals surface area contributed by atoms with Crippen LogP contribution in [-0.2, 0) is 0 Å². The first-order chi connectivity index (χ1) is 13.1. The number of hydrogen-bond donors (Lipinski definition) is 4. The molecule has 1 fully saturated rings. The Morgan fingerprint density at radius 2 is 2.00 bits per heavy atom. The Hall–Kier alpha value is -2.48. The van der Waals surface area contributed by atoms with Crippen molar-refractivity contribution in [1.82, 2.24) is 20.8 Å². The van der Waals surface area contributed by atoms with Gasteiger partial charge in [0, 0.05) is 22.7 Å². The minimum absolute atomic E-state index is 0.128. The quantitative estimate of drug-likeness (QED) is 0.403. The lowest BCUT2D eigenvalue weighted by atomic mass is 10.1. The first-order valence-corrected chi connectivity index (χ1v) is 9.47. The number of para-hydroxylation sites is 1. The predicted molar refractivity (Wildman–Crippen MR) is 112 cm³/mol. The second-order valence-corrected chi connectivity index (χ2v) is 7.21. The second kappa shape index (κ2) is 7.64. The minimum atomic E-state index is -0.244. The summed E-state index contributed by atoms with van der Waals surface area (Å²) in [6.07, 6.45) is 3.80. The van der Waals surface area contributed by atoms with E-state index in [9.17, 15) is 0 Å². The highest BCUT2D eigenvalue weighted by Gasteiger charge is 2.31. The van der Waals surface area contributed by atoms with Crippen molar-refractivity contribution in [2.24, 2.45) is 5.10 Å². The molecule has 140 valence electrons. The van der Waals surface area contributed by atoms with Crippen LogP contribution >= 0.6 is 12.6 Å². The third kappa shape index (κ3) is 3.80. The minimum Gasteiger partial charge on any atom is -0.491 e. The topological polar surface area (TPSA) is 64.7 Å². The first-order valence-electron chi connectivity index (χ1n) is 8.96. The van der Waals surface area contributed by atoms with Gasteiger partial charge in [-0.15, -0.1) is 12.6 Å². The van der Waals surface area contributed by atoms with Gasteiger partial charge in [-0.3, -0.25) is 0 Å². The molecule has 6 nitrogen and oxygen atoms in total. The smallest absolute Gasteiger partial charge is 0.156 e. The fourth-order valence-electron chi connectivity index (χ4n) is 3.15. The van der Waals surface area contributed by atoms with E-state index in [1.165, 1.54) is 0 Å². The lowest BCUT2D eigenvalue weighted by molar-refractivity contribution is 0.234. The molecule has 3 N–H and O–H groups in total. The van der Waals surface area contributed by atoms with Gasteiger partial charge in [0.25, 0.3) is 0 Å². The van der Waals surface area contributed by atoms with Gasteiger partial charge in [-0.2, -0.15) is 5.10 Å². The molecule has 3 aromatic rings. The average molecular weight is 382 g/mol. The fraction of sp³-hybridized carbons (Fsp3) is 0.250. The van der Waals surface area contributed by atoms with E-state index in [1.807, 2.05) is 67.7 Å². The lowest BCUT2D eigenvalue weighted by Gasteiger charge is -2.23. The number of fused-ring (bicyclic) bond motifs is 1. The molecule has 7 heteroatoms. The van der Waals surface area contributed by atoms with Gasteiger partial charge in [0.1, 0.15) is 11.9 Å². The number of ether oxygens (including phenoxy) is 1. The Morgan fingerprint density at radius 1 is 1.15 bits per heavy atom. The maximum atomic E-state index is 5.82. The van der Waals surface area contributed by atoms with Crippen molar-refractivity contribution in [2.75, 3.05) is 0 Å². The van der Waals surface area contributed by atoms with Crippen molar-refractivity contribution in [3.63, 3.8) is 0 Å². The van der Waals surface area contributed by atoms with E-state index in [1.54, 1.807) is 0 Å². The number of hydrazone groups is 1. The molecule has 0 spiro atoms. The van der Waals surface area contributed by atoms with Crippen molar-refractivity contribution >= 4 is 29.7 Å². The molecule has 1 aliphatic heterocycles. The van der Waals surface area contributed by atoms with E-state index >= 15 is 0 Å². The summed E-state index contributed by atoms with van der Waals surface area (Å²) in [6, 6.07) is 16.2. The van der Waals surface area contributed by atoms with E-state index in [0.29, 0.717) is 0 Å². The summed E-state index contributed by atoms with van der Waals surface area (Å²) in [6.45, 7) is 4.03. The number of rotatable bonds is 5. The molecule has 1 aromatic heterocycles. The number of hydrogen-bond acceptors (Lipinski definition) is 6. The molecule has 2 aromatic carbocycles. The molecular weight excluding hydrogens is 358 g/mol. The third-order valence-corrected chi connectivity index (χ3v) is 4.73. The zero-order chi connectivity index (χ0) is 18.8. The molecule has 0 amide bonds. The first kappa shape index (κ1) is 17.9. The molecule has 0 unspecified atom stereocenters. The Morgan fingerprint density at radius 3 is 2.85 bits per heavy atom. The number of thiol groups is 1. The summed E-state index contributed by atoms with van der Waals surface area (Å²) in [5.41, 5.74) is 9.30. The van der Waals surface area contributed by atoms with Gasteiger partial charge >= 0.3 is 0 Å². The van der Waals surface area contributed by atoms with Crippen LogP contribution in [0, 0.1) is 0 Å². The van der Waals surface area contributed by atoms with Gasteiger partial charge in [-0.1, -0.05) is 30.3 Å². The van der Waals surface area contributed by atoms with Crippen LogP contribution in [0.2, 0.25) is 0 Å². The number of H-pyrrole nitrogens is 1. The second-order valence-electron chi connectivity index (χ2n) is 6.72. The van der Waals surface area contributed by atoms with Crippen molar-refractivity contribution in [2.45, 2.75) is 31.6 Å². The highest BCUT2D eigenvalue weighted by molar-refractivity contribution is 7.80. The van der Waals surface area contributed by atoms with E-state index in [0.717, 1.165) is 27.8 Å². The van der Waals surface area contributed by atoms with Crippen LogP contribution in [0.3, 0.4) is 0 Å². The van der Waals surface area contributed by atoms with Crippen molar-refractivity contribution in [1.29, 1.82) is 0 Å². The summed E-state index contributed by atoms with van der Waals surface area (Å²) in [5.74, 6) is 0.840. The molecule has 1 saturated heterocycles. The van der Waals surface area contributed by atoms with Crippen LogP contribution in [0.25, 0.3) is 10.9 Å². The molecule has 0 aliphatic carbocycles. The van der Waals surface area contributed by atoms with E-state index in [-0.39, 0.29) is 17.8 Å². The number of benzene rings is 2. The fourth-order valence-corrected chi connectivity index (χ4v) is 3.42. The highest BCUT2D eigenvalue weighted by atomic mass is 32.1. The zero-order valence-electron chi connectivity index (χ0n) is 15.3. The predicted octanol–water partition coefficient (Wildman–Crippen LogP) is 3.61. The SMILES string of the molecule is CC(C)Oc1cccc([C@H]2NN[C@@H](S)N2/N=C\c2c[nH]c3ccccc23)c1. The summed E-state index contributed by atoms with van der Waals surface area (Å²) in [4.78, 5) is 3.27. The Kier molecular flexibility index (Phi) is 5.07. The van der Waals surface area contributed by atoms with Crippen LogP contribution in [-0.4, -0.2) is 27.8 Å². The van der Waals surface area contributed by atoms with Gasteiger partial charge in [0.15, 0.2) is 5.50 Å². The van der Waals surface area contributed by atoms with Gasteiger partial charge in [-0.05, 0) is 37.6 Å². The third-order valence-electron chi connectivity index (χ3n) is 4.36. The van der Waals surface area contributed by atoms with E-state index < -0.39 is 0 Å². The largest absolute Gasteiger partial charge is 0.491 e. The van der Waals surface area contributed by atoms with Crippen LogP contribution in [0.4, 0.5) is 0 Å².